The molecule has 0 aliphatic heterocycles. The second kappa shape index (κ2) is 7.58. The molecule has 0 bridgehead atoms. The van der Waals surface area contributed by atoms with E-state index < -0.39 is 11.9 Å². The number of hydrogen-bond donors (Lipinski definition) is 2. The van der Waals surface area contributed by atoms with E-state index in [0.717, 1.165) is 15.9 Å². The van der Waals surface area contributed by atoms with Crippen LogP contribution in [-0.4, -0.2) is 41.2 Å². The van der Waals surface area contributed by atoms with E-state index in [1.54, 1.807) is 42.8 Å². The average Bonchev–Trinajstić information content (AvgIpc) is 3.28. The molecule has 0 radical (unpaired) electrons. The zero-order valence-corrected chi connectivity index (χ0v) is 17.8. The zero-order chi connectivity index (χ0) is 20.6. The monoisotopic (exact) mass is 448 g/mol. The van der Waals surface area contributed by atoms with Crippen molar-refractivity contribution in [1.82, 2.24) is 29.3 Å². The molecule has 3 heterocycles. The SMILES string of the molecule is Cc1nn(C(C)C(=O)Nc2cnn(C)c2C(=O)Nc2cnn(C)c2C)cc1Br. The number of carbonyl (C=O) groups is 2. The maximum atomic E-state index is 12.8. The van der Waals surface area contributed by atoms with Crippen molar-refractivity contribution >= 4 is 39.1 Å². The number of rotatable bonds is 5. The van der Waals surface area contributed by atoms with Crippen molar-refractivity contribution in [2.75, 3.05) is 10.6 Å². The van der Waals surface area contributed by atoms with E-state index >= 15 is 0 Å². The number of halogens is 1. The van der Waals surface area contributed by atoms with Gasteiger partial charge in [-0.2, -0.15) is 15.3 Å². The standard InChI is InChI=1S/C17H21BrN8O2/c1-9-12(18)8-26(23-9)11(3)16(27)22-14-7-20-25(5)15(14)17(28)21-13-6-19-24(4)10(13)2/h6-8,11H,1-5H3,(H,21,28)(H,22,27). The van der Waals surface area contributed by atoms with Crippen LogP contribution >= 0.6 is 15.9 Å². The minimum atomic E-state index is -0.568. The number of aryl methyl sites for hydroxylation is 3. The van der Waals surface area contributed by atoms with Crippen molar-refractivity contribution in [3.63, 3.8) is 0 Å². The largest absolute Gasteiger partial charge is 0.321 e. The summed E-state index contributed by atoms with van der Waals surface area (Å²) in [6.07, 6.45) is 4.75. The highest BCUT2D eigenvalue weighted by atomic mass is 79.9. The predicted octanol–water partition coefficient (Wildman–Crippen LogP) is 2.18. The number of carbonyl (C=O) groups excluding carboxylic acids is 2. The van der Waals surface area contributed by atoms with Crippen LogP contribution in [0.2, 0.25) is 0 Å². The Morgan fingerprint density at radius 1 is 1.07 bits per heavy atom. The molecular weight excluding hydrogens is 428 g/mol. The van der Waals surface area contributed by atoms with E-state index in [2.05, 4.69) is 41.9 Å². The third-order valence-corrected chi connectivity index (χ3v) is 5.31. The summed E-state index contributed by atoms with van der Waals surface area (Å²) < 4.78 is 5.45. The summed E-state index contributed by atoms with van der Waals surface area (Å²) in [4.78, 5) is 25.4. The maximum Gasteiger partial charge on any atom is 0.276 e. The molecule has 0 aliphatic rings. The van der Waals surface area contributed by atoms with Gasteiger partial charge in [0.15, 0.2) is 0 Å². The summed E-state index contributed by atoms with van der Waals surface area (Å²) in [7, 11) is 3.43. The highest BCUT2D eigenvalue weighted by Crippen LogP contribution is 2.21. The van der Waals surface area contributed by atoms with E-state index in [4.69, 9.17) is 0 Å². The van der Waals surface area contributed by atoms with Crippen molar-refractivity contribution in [1.29, 1.82) is 0 Å². The van der Waals surface area contributed by atoms with Crippen LogP contribution in [0.3, 0.4) is 0 Å². The predicted molar refractivity (Wildman–Crippen MR) is 107 cm³/mol. The summed E-state index contributed by atoms with van der Waals surface area (Å²) >= 11 is 3.39. The molecule has 0 aliphatic carbocycles. The smallest absolute Gasteiger partial charge is 0.276 e. The minimum Gasteiger partial charge on any atom is -0.321 e. The molecule has 148 valence electrons. The zero-order valence-electron chi connectivity index (χ0n) is 16.2. The van der Waals surface area contributed by atoms with Crippen LogP contribution in [0.1, 0.15) is 34.8 Å². The molecule has 11 heteroatoms. The van der Waals surface area contributed by atoms with E-state index in [1.165, 1.54) is 10.9 Å². The lowest BCUT2D eigenvalue weighted by atomic mass is 10.2. The maximum absolute atomic E-state index is 12.8. The van der Waals surface area contributed by atoms with Crippen LogP contribution in [0.5, 0.6) is 0 Å². The molecule has 0 saturated carbocycles. The summed E-state index contributed by atoms with van der Waals surface area (Å²) in [6, 6.07) is -0.568. The second-order valence-electron chi connectivity index (χ2n) is 6.46. The van der Waals surface area contributed by atoms with Gasteiger partial charge in [-0.15, -0.1) is 0 Å². The van der Waals surface area contributed by atoms with Crippen LogP contribution in [-0.2, 0) is 18.9 Å². The Morgan fingerprint density at radius 2 is 1.71 bits per heavy atom. The normalized spacial score (nSPS) is 12.1. The van der Waals surface area contributed by atoms with Gasteiger partial charge in [0.25, 0.3) is 5.91 Å². The Balaban J connectivity index is 1.79. The molecule has 0 saturated heterocycles. The van der Waals surface area contributed by atoms with Gasteiger partial charge in [-0.05, 0) is 36.7 Å². The van der Waals surface area contributed by atoms with Crippen molar-refractivity contribution in [3.8, 4) is 0 Å². The topological polar surface area (TPSA) is 112 Å². The Labute approximate surface area is 170 Å². The number of anilines is 2. The van der Waals surface area contributed by atoms with Gasteiger partial charge in [0.05, 0.1) is 39.6 Å². The first-order valence-corrected chi connectivity index (χ1v) is 9.32. The first-order valence-electron chi connectivity index (χ1n) is 8.53. The van der Waals surface area contributed by atoms with E-state index in [-0.39, 0.29) is 11.6 Å². The molecule has 0 spiro atoms. The lowest BCUT2D eigenvalue weighted by Gasteiger charge is -2.13. The molecule has 3 aromatic heterocycles. The molecular formula is C17H21BrN8O2. The third-order valence-electron chi connectivity index (χ3n) is 4.53. The van der Waals surface area contributed by atoms with Gasteiger partial charge in [-0.1, -0.05) is 0 Å². The third kappa shape index (κ3) is 3.70. The molecule has 1 atom stereocenters. The van der Waals surface area contributed by atoms with Gasteiger partial charge in [-0.25, -0.2) is 0 Å². The molecule has 3 aromatic rings. The molecule has 2 amide bonds. The number of amides is 2. The quantitative estimate of drug-likeness (QED) is 0.620. The summed E-state index contributed by atoms with van der Waals surface area (Å²) in [5.74, 6) is -0.702. The van der Waals surface area contributed by atoms with Gasteiger partial charge >= 0.3 is 0 Å². The first kappa shape index (κ1) is 19.8. The molecule has 2 N–H and O–H groups in total. The van der Waals surface area contributed by atoms with Crippen LogP contribution in [0, 0.1) is 13.8 Å². The highest BCUT2D eigenvalue weighted by molar-refractivity contribution is 9.10. The number of nitrogens with one attached hydrogen (secondary N) is 2. The van der Waals surface area contributed by atoms with Gasteiger partial charge in [0.2, 0.25) is 5.91 Å². The molecule has 0 aromatic carbocycles. The summed E-state index contributed by atoms with van der Waals surface area (Å²) in [5.41, 5.74) is 2.75. The average molecular weight is 449 g/mol. The fourth-order valence-electron chi connectivity index (χ4n) is 2.62. The molecule has 3 rings (SSSR count). The van der Waals surface area contributed by atoms with Crippen molar-refractivity contribution in [2.24, 2.45) is 14.1 Å². The van der Waals surface area contributed by atoms with Gasteiger partial charge in [0.1, 0.15) is 11.7 Å². The molecule has 1 unspecified atom stereocenters. The van der Waals surface area contributed by atoms with Gasteiger partial charge in [0, 0.05) is 20.3 Å². The van der Waals surface area contributed by atoms with Crippen molar-refractivity contribution in [3.05, 3.63) is 40.1 Å². The fourth-order valence-corrected chi connectivity index (χ4v) is 2.91. The second-order valence-corrected chi connectivity index (χ2v) is 7.31. The van der Waals surface area contributed by atoms with Crippen LogP contribution in [0.15, 0.2) is 23.1 Å². The Hall–Kier alpha value is -2.95. The van der Waals surface area contributed by atoms with Crippen molar-refractivity contribution in [2.45, 2.75) is 26.8 Å². The van der Waals surface area contributed by atoms with E-state index in [9.17, 15) is 9.59 Å². The van der Waals surface area contributed by atoms with Gasteiger partial charge in [-0.3, -0.25) is 23.6 Å². The van der Waals surface area contributed by atoms with Crippen molar-refractivity contribution < 1.29 is 9.59 Å². The Kier molecular flexibility index (Phi) is 5.36. The van der Waals surface area contributed by atoms with E-state index in [1.807, 2.05) is 13.8 Å². The lowest BCUT2D eigenvalue weighted by Crippen LogP contribution is -2.26. The fraction of sp³-hybridized carbons (Fsp3) is 0.353. The van der Waals surface area contributed by atoms with E-state index in [0.29, 0.717) is 11.4 Å². The lowest BCUT2D eigenvalue weighted by molar-refractivity contribution is -0.119. The summed E-state index contributed by atoms with van der Waals surface area (Å²) in [5, 5.41) is 18.1. The number of nitrogens with zero attached hydrogens (tertiary/aromatic N) is 6. The number of aromatic nitrogens is 6. The molecule has 0 fully saturated rings. The summed E-state index contributed by atoms with van der Waals surface area (Å²) in [6.45, 7) is 5.42. The molecule has 28 heavy (non-hydrogen) atoms. The Morgan fingerprint density at radius 3 is 2.29 bits per heavy atom. The van der Waals surface area contributed by atoms with Crippen LogP contribution < -0.4 is 10.6 Å². The first-order chi connectivity index (χ1) is 13.2. The minimum absolute atomic E-state index is 0.238. The number of hydrogen-bond acceptors (Lipinski definition) is 5. The van der Waals surface area contributed by atoms with Gasteiger partial charge < -0.3 is 10.6 Å². The van der Waals surface area contributed by atoms with Crippen LogP contribution in [0.25, 0.3) is 0 Å². The molecule has 10 nitrogen and oxygen atoms in total. The highest BCUT2D eigenvalue weighted by Gasteiger charge is 2.23. The van der Waals surface area contributed by atoms with Crippen LogP contribution in [0.4, 0.5) is 11.4 Å². The Bertz CT molecular complexity index is 1030.